The third-order valence-electron chi connectivity index (χ3n) is 5.78. The highest BCUT2D eigenvalue weighted by atomic mass is 16.6. The summed E-state index contributed by atoms with van der Waals surface area (Å²) in [6, 6.07) is 10.4. The first-order chi connectivity index (χ1) is 17.0. The van der Waals surface area contributed by atoms with Crippen LogP contribution in [0.2, 0.25) is 0 Å². The number of cyclic esters (lactones) is 1. The molecule has 1 fully saturated rings. The molecule has 182 valence electrons. The van der Waals surface area contributed by atoms with E-state index in [0.717, 1.165) is 0 Å². The molecule has 1 unspecified atom stereocenters. The van der Waals surface area contributed by atoms with Gasteiger partial charge in [0.25, 0.3) is 0 Å². The van der Waals surface area contributed by atoms with E-state index in [4.69, 9.17) is 18.9 Å². The van der Waals surface area contributed by atoms with E-state index in [0.29, 0.717) is 52.9 Å². The van der Waals surface area contributed by atoms with Gasteiger partial charge in [-0.3, -0.25) is 14.7 Å². The maximum absolute atomic E-state index is 12.6. The Labute approximate surface area is 200 Å². The van der Waals surface area contributed by atoms with Crippen LogP contribution in [0.15, 0.2) is 42.6 Å². The van der Waals surface area contributed by atoms with E-state index >= 15 is 0 Å². The summed E-state index contributed by atoms with van der Waals surface area (Å²) in [6.07, 6.45) is -0.774. The zero-order chi connectivity index (χ0) is 24.4. The van der Waals surface area contributed by atoms with Gasteiger partial charge in [0.2, 0.25) is 11.8 Å². The van der Waals surface area contributed by atoms with E-state index in [1.807, 2.05) is 0 Å². The molecule has 1 aromatic carbocycles. The number of fused-ring (bicyclic) bond motifs is 2. The van der Waals surface area contributed by atoms with Crippen LogP contribution in [0.1, 0.15) is 5.56 Å². The molecule has 2 aliphatic heterocycles. The summed E-state index contributed by atoms with van der Waals surface area (Å²) < 4.78 is 21.6. The van der Waals surface area contributed by atoms with E-state index in [9.17, 15) is 14.7 Å². The number of methoxy groups -OCH3 is 1. The van der Waals surface area contributed by atoms with Crippen molar-refractivity contribution in [1.29, 1.82) is 0 Å². The highest BCUT2D eigenvalue weighted by Gasteiger charge is 2.33. The van der Waals surface area contributed by atoms with Crippen LogP contribution in [0, 0.1) is 0 Å². The van der Waals surface area contributed by atoms with Gasteiger partial charge in [-0.15, -0.1) is 0 Å². The van der Waals surface area contributed by atoms with Crippen LogP contribution in [0.5, 0.6) is 17.4 Å². The molecule has 1 saturated heterocycles. The molecule has 2 aromatic heterocycles. The van der Waals surface area contributed by atoms with Crippen LogP contribution in [-0.4, -0.2) is 72.7 Å². The number of nitrogens with zero attached hydrogens (tertiary/aromatic N) is 3. The number of hydrogen-bond acceptors (Lipinski definition) is 9. The van der Waals surface area contributed by atoms with Crippen molar-refractivity contribution in [3.63, 3.8) is 0 Å². The molecule has 0 spiro atoms. The molecule has 0 radical (unpaired) electrons. The molecule has 2 aliphatic rings. The van der Waals surface area contributed by atoms with Crippen LogP contribution in [0.4, 0.5) is 10.5 Å². The predicted molar refractivity (Wildman–Crippen MR) is 124 cm³/mol. The number of benzene rings is 1. The molecule has 2 N–H and O–H groups in total. The van der Waals surface area contributed by atoms with Crippen molar-refractivity contribution >= 4 is 28.7 Å². The molecule has 2 atom stereocenters. The van der Waals surface area contributed by atoms with Gasteiger partial charge in [-0.25, -0.2) is 9.78 Å². The number of aliphatic hydroxyl groups is 1. The molecule has 11 nitrogen and oxygen atoms in total. The molecule has 0 aliphatic carbocycles. The maximum Gasteiger partial charge on any atom is 0.414 e. The van der Waals surface area contributed by atoms with Crippen molar-refractivity contribution in [2.45, 2.75) is 18.6 Å². The topological polar surface area (TPSA) is 132 Å². The Hall–Kier alpha value is -4.12. The number of carbonyl (C=O) groups excluding carboxylic acids is 2. The minimum absolute atomic E-state index is 0.0405. The molecule has 3 aromatic rings. The number of aliphatic hydroxyl groups excluding tert-OH is 1. The third-order valence-corrected chi connectivity index (χ3v) is 5.78. The maximum atomic E-state index is 12.6. The Morgan fingerprint density at radius 2 is 2.06 bits per heavy atom. The average molecular weight is 480 g/mol. The number of rotatable bonds is 7. The van der Waals surface area contributed by atoms with E-state index < -0.39 is 24.2 Å². The monoisotopic (exact) mass is 480 g/mol. The lowest BCUT2D eigenvalue weighted by Crippen LogP contribution is -2.41. The van der Waals surface area contributed by atoms with Crippen LogP contribution in [-0.2, 0) is 16.0 Å². The predicted octanol–water partition coefficient (Wildman–Crippen LogP) is 1.45. The van der Waals surface area contributed by atoms with Crippen molar-refractivity contribution in [2.75, 3.05) is 38.3 Å². The molecule has 2 amide bonds. The van der Waals surface area contributed by atoms with Crippen molar-refractivity contribution in [3.8, 4) is 17.4 Å². The highest BCUT2D eigenvalue weighted by molar-refractivity contribution is 5.90. The van der Waals surface area contributed by atoms with Crippen molar-refractivity contribution in [2.24, 2.45) is 0 Å². The number of ether oxygens (including phenoxy) is 4. The lowest BCUT2D eigenvalue weighted by Gasteiger charge is -2.21. The standard InChI is InChI=1S/C24H24N4O7/c1-32-21-5-3-17-22(27-21)14(6-7-25-17)10-18(29)23(30)26-12-16-13-28(24(31)35-16)15-2-4-19-20(11-15)34-9-8-33-19/h2-7,11,16,18,29H,8-10,12-13H2,1H3,(H,26,30)/t16?,18-/m0/s1. The summed E-state index contributed by atoms with van der Waals surface area (Å²) >= 11 is 0. The molecular weight excluding hydrogens is 456 g/mol. The average Bonchev–Trinajstić information content (AvgIpc) is 3.27. The van der Waals surface area contributed by atoms with Gasteiger partial charge in [-0.05, 0) is 29.8 Å². The number of carbonyl (C=O) groups is 2. The van der Waals surface area contributed by atoms with E-state index in [2.05, 4.69) is 15.3 Å². The number of aromatic nitrogens is 2. The van der Waals surface area contributed by atoms with Gasteiger partial charge < -0.3 is 29.4 Å². The molecular formula is C24H24N4O7. The normalized spacial score (nSPS) is 17.7. The van der Waals surface area contributed by atoms with Crippen LogP contribution >= 0.6 is 0 Å². The van der Waals surface area contributed by atoms with Gasteiger partial charge in [0.15, 0.2) is 11.5 Å². The fraction of sp³-hybridized carbons (Fsp3) is 0.333. The summed E-state index contributed by atoms with van der Waals surface area (Å²) in [6.45, 7) is 1.23. The fourth-order valence-electron chi connectivity index (χ4n) is 4.01. The zero-order valence-electron chi connectivity index (χ0n) is 19.0. The van der Waals surface area contributed by atoms with E-state index in [1.54, 1.807) is 42.6 Å². The van der Waals surface area contributed by atoms with Gasteiger partial charge >= 0.3 is 6.09 Å². The Morgan fingerprint density at radius 1 is 1.23 bits per heavy atom. The quantitative estimate of drug-likeness (QED) is 0.516. The highest BCUT2D eigenvalue weighted by Crippen LogP contribution is 2.35. The zero-order valence-corrected chi connectivity index (χ0v) is 19.0. The number of pyridine rings is 2. The molecule has 35 heavy (non-hydrogen) atoms. The summed E-state index contributed by atoms with van der Waals surface area (Å²) in [5.41, 5.74) is 2.46. The Morgan fingerprint density at radius 3 is 2.89 bits per heavy atom. The van der Waals surface area contributed by atoms with Gasteiger partial charge in [-0.1, -0.05) is 0 Å². The van der Waals surface area contributed by atoms with Gasteiger partial charge in [0.1, 0.15) is 25.4 Å². The summed E-state index contributed by atoms with van der Waals surface area (Å²) in [5.74, 6) is 1.03. The number of anilines is 1. The Balaban J connectivity index is 1.18. The lowest BCUT2D eigenvalue weighted by molar-refractivity contribution is -0.129. The summed E-state index contributed by atoms with van der Waals surface area (Å²) in [5, 5.41) is 13.1. The second-order valence-electron chi connectivity index (χ2n) is 8.10. The SMILES string of the molecule is COc1ccc2nccc(C[C@H](O)C(=O)NCC3CN(c4ccc5c(c4)OCCO5)C(=O)O3)c2n1. The Bertz CT molecular complexity index is 1270. The smallest absolute Gasteiger partial charge is 0.414 e. The lowest BCUT2D eigenvalue weighted by atomic mass is 10.1. The van der Waals surface area contributed by atoms with Gasteiger partial charge in [0, 0.05) is 24.8 Å². The van der Waals surface area contributed by atoms with Crippen molar-refractivity contribution < 1.29 is 33.6 Å². The second kappa shape index (κ2) is 9.63. The van der Waals surface area contributed by atoms with E-state index in [1.165, 1.54) is 12.0 Å². The summed E-state index contributed by atoms with van der Waals surface area (Å²) in [7, 11) is 1.51. The molecule has 0 bridgehead atoms. The van der Waals surface area contributed by atoms with Crippen LogP contribution < -0.4 is 24.4 Å². The number of nitrogens with one attached hydrogen (secondary N) is 1. The van der Waals surface area contributed by atoms with E-state index in [-0.39, 0.29) is 19.5 Å². The largest absolute Gasteiger partial charge is 0.486 e. The number of amides is 2. The number of hydrogen-bond donors (Lipinski definition) is 2. The third kappa shape index (κ3) is 4.76. The molecule has 4 heterocycles. The fourth-order valence-corrected chi connectivity index (χ4v) is 4.01. The summed E-state index contributed by atoms with van der Waals surface area (Å²) in [4.78, 5) is 35.0. The van der Waals surface area contributed by atoms with Crippen LogP contribution in [0.3, 0.4) is 0 Å². The first kappa shape index (κ1) is 22.7. The molecule has 11 heteroatoms. The van der Waals surface area contributed by atoms with Crippen LogP contribution in [0.25, 0.3) is 11.0 Å². The first-order valence-electron chi connectivity index (χ1n) is 11.1. The van der Waals surface area contributed by atoms with Crippen molar-refractivity contribution in [3.05, 3.63) is 48.2 Å². The minimum atomic E-state index is -1.32. The second-order valence-corrected chi connectivity index (χ2v) is 8.10. The van der Waals surface area contributed by atoms with Crippen molar-refractivity contribution in [1.82, 2.24) is 15.3 Å². The minimum Gasteiger partial charge on any atom is -0.486 e. The molecule has 0 saturated carbocycles. The first-order valence-corrected chi connectivity index (χ1v) is 11.1. The van der Waals surface area contributed by atoms with Gasteiger partial charge in [0.05, 0.1) is 36.9 Å². The van der Waals surface area contributed by atoms with Gasteiger partial charge in [-0.2, -0.15) is 0 Å². The Kier molecular flexibility index (Phi) is 6.23. The molecule has 5 rings (SSSR count).